The molecular weight excluding hydrogens is 354 g/mol. The normalized spacial score (nSPS) is 19.5. The van der Waals surface area contributed by atoms with Crippen LogP contribution < -0.4 is 10.1 Å². The zero-order valence-corrected chi connectivity index (χ0v) is 17.6. The average Bonchev–Trinajstić information content (AvgIpc) is 3.53. The maximum Gasteiger partial charge on any atom is 0.193 e. The third-order valence-corrected chi connectivity index (χ3v) is 5.92. The van der Waals surface area contributed by atoms with Crippen molar-refractivity contribution in [3.63, 3.8) is 0 Å². The number of guanidine groups is 1. The van der Waals surface area contributed by atoms with Crippen molar-refractivity contribution in [1.29, 1.82) is 0 Å². The lowest BCUT2D eigenvalue weighted by molar-refractivity contribution is 0.00989. The van der Waals surface area contributed by atoms with Crippen molar-refractivity contribution in [3.8, 4) is 5.75 Å². The molecule has 156 valence electrons. The molecule has 1 aliphatic heterocycles. The van der Waals surface area contributed by atoms with E-state index in [4.69, 9.17) is 14.2 Å². The molecule has 6 nitrogen and oxygen atoms in total. The predicted molar refractivity (Wildman–Crippen MR) is 112 cm³/mol. The largest absolute Gasteiger partial charge is 0.496 e. The molecule has 1 aromatic carbocycles. The Balaban J connectivity index is 1.48. The van der Waals surface area contributed by atoms with E-state index in [1.165, 1.54) is 18.4 Å². The van der Waals surface area contributed by atoms with Gasteiger partial charge in [-0.2, -0.15) is 0 Å². The first-order valence-electron chi connectivity index (χ1n) is 10.4. The highest BCUT2D eigenvalue weighted by atomic mass is 16.5. The lowest BCUT2D eigenvalue weighted by Gasteiger charge is -2.34. The molecule has 0 radical (unpaired) electrons. The molecule has 6 heteroatoms. The van der Waals surface area contributed by atoms with E-state index >= 15 is 0 Å². The van der Waals surface area contributed by atoms with Gasteiger partial charge in [-0.15, -0.1) is 0 Å². The van der Waals surface area contributed by atoms with Crippen LogP contribution in [0, 0.1) is 0 Å². The number of hydrogen-bond donors (Lipinski definition) is 1. The van der Waals surface area contributed by atoms with Crippen molar-refractivity contribution in [1.82, 2.24) is 10.2 Å². The van der Waals surface area contributed by atoms with Crippen LogP contribution in [0.25, 0.3) is 0 Å². The number of rotatable bonds is 9. The molecular formula is C22H35N3O3. The summed E-state index contributed by atoms with van der Waals surface area (Å²) in [6.07, 6.45) is 5.79. The van der Waals surface area contributed by atoms with Gasteiger partial charge in [-0.05, 0) is 38.2 Å². The Morgan fingerprint density at radius 3 is 2.57 bits per heavy atom. The minimum absolute atomic E-state index is 0.172. The molecule has 0 aromatic heterocycles. The fourth-order valence-corrected chi connectivity index (χ4v) is 4.04. The van der Waals surface area contributed by atoms with Crippen molar-refractivity contribution in [2.45, 2.75) is 43.6 Å². The van der Waals surface area contributed by atoms with Gasteiger partial charge in [-0.3, -0.25) is 4.99 Å². The Morgan fingerprint density at radius 2 is 1.93 bits per heavy atom. The Morgan fingerprint density at radius 1 is 1.18 bits per heavy atom. The first kappa shape index (κ1) is 20.9. The van der Waals surface area contributed by atoms with E-state index in [1.54, 1.807) is 14.2 Å². The number of piperidine rings is 1. The standard InChI is InChI=1S/C22H35N3O3/c1-23-21(25-13-9-18(10-14-25)28-16-6-15-26-2)24-17-22(11-12-22)19-7-4-5-8-20(19)27-3/h4-5,7-8,18H,6,9-17H2,1-3H3,(H,23,24). The Hall–Kier alpha value is -1.79. The van der Waals surface area contributed by atoms with Crippen molar-refractivity contribution >= 4 is 5.96 Å². The fourth-order valence-electron chi connectivity index (χ4n) is 4.04. The summed E-state index contributed by atoms with van der Waals surface area (Å²) in [4.78, 5) is 6.89. The van der Waals surface area contributed by atoms with Crippen LogP contribution in [0.4, 0.5) is 0 Å². The van der Waals surface area contributed by atoms with Gasteiger partial charge in [-0.1, -0.05) is 18.2 Å². The Labute approximate surface area is 169 Å². The molecule has 0 atom stereocenters. The predicted octanol–water partition coefficient (Wildman–Crippen LogP) is 2.82. The van der Waals surface area contributed by atoms with E-state index < -0.39 is 0 Å². The molecule has 0 bridgehead atoms. The van der Waals surface area contributed by atoms with E-state index in [1.807, 2.05) is 13.1 Å². The Kier molecular flexibility index (Phi) is 7.57. The summed E-state index contributed by atoms with van der Waals surface area (Å²) in [5.74, 6) is 1.99. The Bertz CT molecular complexity index is 638. The number of para-hydroxylation sites is 1. The summed E-state index contributed by atoms with van der Waals surface area (Å²) >= 11 is 0. The highest BCUT2D eigenvalue weighted by Crippen LogP contribution is 2.50. The van der Waals surface area contributed by atoms with Gasteiger partial charge in [0.25, 0.3) is 0 Å². The lowest BCUT2D eigenvalue weighted by Crippen LogP contribution is -2.48. The fraction of sp³-hybridized carbons (Fsp3) is 0.682. The number of ether oxygens (including phenoxy) is 3. The number of nitrogens with zero attached hydrogens (tertiary/aromatic N) is 2. The monoisotopic (exact) mass is 389 g/mol. The van der Waals surface area contributed by atoms with Gasteiger partial charge in [0.05, 0.1) is 13.2 Å². The third kappa shape index (κ3) is 5.17. The van der Waals surface area contributed by atoms with Crippen LogP contribution in [0.2, 0.25) is 0 Å². The molecule has 1 heterocycles. The van der Waals surface area contributed by atoms with E-state index in [0.717, 1.165) is 63.8 Å². The van der Waals surface area contributed by atoms with Crippen LogP contribution in [-0.2, 0) is 14.9 Å². The summed E-state index contributed by atoms with van der Waals surface area (Å²) in [7, 11) is 5.36. The van der Waals surface area contributed by atoms with Gasteiger partial charge in [0, 0.05) is 58.0 Å². The topological polar surface area (TPSA) is 55.3 Å². The molecule has 1 saturated carbocycles. The minimum Gasteiger partial charge on any atom is -0.496 e. The molecule has 2 fully saturated rings. The van der Waals surface area contributed by atoms with E-state index in [2.05, 4.69) is 33.4 Å². The van der Waals surface area contributed by atoms with Crippen molar-refractivity contribution in [2.24, 2.45) is 4.99 Å². The SMILES string of the molecule is CN=C(NCC1(c2ccccc2OC)CC1)N1CCC(OCCCOC)CC1. The molecule has 1 saturated heterocycles. The second-order valence-electron chi connectivity index (χ2n) is 7.78. The lowest BCUT2D eigenvalue weighted by atomic mass is 9.95. The molecule has 0 unspecified atom stereocenters. The molecule has 0 spiro atoms. The van der Waals surface area contributed by atoms with Crippen LogP contribution >= 0.6 is 0 Å². The number of methoxy groups -OCH3 is 2. The summed E-state index contributed by atoms with van der Waals surface area (Å²) in [6.45, 7) is 4.41. The highest BCUT2D eigenvalue weighted by molar-refractivity contribution is 5.80. The van der Waals surface area contributed by atoms with Gasteiger partial charge in [0.2, 0.25) is 0 Å². The summed E-state index contributed by atoms with van der Waals surface area (Å²) in [5.41, 5.74) is 1.48. The van der Waals surface area contributed by atoms with Gasteiger partial charge in [0.1, 0.15) is 5.75 Å². The number of benzene rings is 1. The quantitative estimate of drug-likeness (QED) is 0.400. The smallest absolute Gasteiger partial charge is 0.193 e. The summed E-state index contributed by atoms with van der Waals surface area (Å²) in [6, 6.07) is 8.39. The third-order valence-electron chi connectivity index (χ3n) is 5.92. The first-order chi connectivity index (χ1) is 13.7. The zero-order chi connectivity index (χ0) is 19.8. The molecule has 3 rings (SSSR count). The maximum absolute atomic E-state index is 5.97. The number of nitrogens with one attached hydrogen (secondary N) is 1. The second kappa shape index (κ2) is 10.1. The second-order valence-corrected chi connectivity index (χ2v) is 7.78. The van der Waals surface area contributed by atoms with E-state index in [9.17, 15) is 0 Å². The van der Waals surface area contributed by atoms with Crippen LogP contribution in [0.15, 0.2) is 29.3 Å². The van der Waals surface area contributed by atoms with Crippen LogP contribution in [0.3, 0.4) is 0 Å². The molecule has 1 aliphatic carbocycles. The van der Waals surface area contributed by atoms with Crippen LogP contribution in [0.1, 0.15) is 37.7 Å². The number of hydrogen-bond acceptors (Lipinski definition) is 4. The minimum atomic E-state index is 0.172. The average molecular weight is 390 g/mol. The first-order valence-corrected chi connectivity index (χ1v) is 10.4. The zero-order valence-electron chi connectivity index (χ0n) is 17.6. The molecule has 1 aromatic rings. The van der Waals surface area contributed by atoms with Gasteiger partial charge < -0.3 is 24.4 Å². The van der Waals surface area contributed by atoms with Crippen LogP contribution in [0.5, 0.6) is 5.75 Å². The van der Waals surface area contributed by atoms with Crippen molar-refractivity contribution < 1.29 is 14.2 Å². The molecule has 0 amide bonds. The van der Waals surface area contributed by atoms with Crippen molar-refractivity contribution in [2.75, 3.05) is 54.1 Å². The summed E-state index contributed by atoms with van der Waals surface area (Å²) in [5, 5.41) is 3.63. The number of aliphatic imine (C=N–C) groups is 1. The van der Waals surface area contributed by atoms with E-state index in [0.29, 0.717) is 6.10 Å². The van der Waals surface area contributed by atoms with Crippen molar-refractivity contribution in [3.05, 3.63) is 29.8 Å². The van der Waals surface area contributed by atoms with Gasteiger partial charge >= 0.3 is 0 Å². The maximum atomic E-state index is 5.97. The molecule has 2 aliphatic rings. The van der Waals surface area contributed by atoms with Gasteiger partial charge in [-0.25, -0.2) is 0 Å². The highest BCUT2D eigenvalue weighted by Gasteiger charge is 2.46. The molecule has 1 N–H and O–H groups in total. The molecule has 28 heavy (non-hydrogen) atoms. The van der Waals surface area contributed by atoms with E-state index in [-0.39, 0.29) is 5.41 Å². The summed E-state index contributed by atoms with van der Waals surface area (Å²) < 4.78 is 16.6. The number of likely N-dealkylation sites (tertiary alicyclic amines) is 1. The van der Waals surface area contributed by atoms with Gasteiger partial charge in [0.15, 0.2) is 5.96 Å². The van der Waals surface area contributed by atoms with Crippen LogP contribution in [-0.4, -0.2) is 71.1 Å².